The van der Waals surface area contributed by atoms with Crippen LogP contribution in [0.1, 0.15) is 37.4 Å². The van der Waals surface area contributed by atoms with Crippen molar-refractivity contribution in [2.45, 2.75) is 43.3 Å². The predicted molar refractivity (Wildman–Crippen MR) is 102 cm³/mol. The highest BCUT2D eigenvalue weighted by Gasteiger charge is 2.41. The summed E-state index contributed by atoms with van der Waals surface area (Å²) in [5, 5.41) is 18.4. The number of thioether (sulfide) groups is 1. The van der Waals surface area contributed by atoms with E-state index < -0.39 is 5.54 Å². The summed E-state index contributed by atoms with van der Waals surface area (Å²) in [5.41, 5.74) is -0.516. The monoisotopic (exact) mass is 404 g/mol. The van der Waals surface area contributed by atoms with Crippen LogP contribution in [0.2, 0.25) is 0 Å². The second-order valence-corrected chi connectivity index (χ2v) is 8.50. The standard InChI is InChI=1S/C17H20N6O2S2/c1-11-18-15(22-25-11)17(7-3-4-8-17)19-13(24)10-27-16-21-20-14(23(16)2)12-6-5-9-26-12/h5-6,9H,3-4,7-8,10H2,1-2H3,(H,19,24). The third-order valence-electron chi connectivity index (χ3n) is 4.70. The Morgan fingerprint density at radius 1 is 1.41 bits per heavy atom. The Hall–Kier alpha value is -2.20. The van der Waals surface area contributed by atoms with Gasteiger partial charge in [-0.25, -0.2) is 0 Å². The van der Waals surface area contributed by atoms with Crippen molar-refractivity contribution in [3.8, 4) is 10.7 Å². The molecule has 4 rings (SSSR count). The molecule has 0 saturated heterocycles. The molecule has 0 spiro atoms. The molecule has 3 heterocycles. The van der Waals surface area contributed by atoms with E-state index in [0.29, 0.717) is 16.9 Å². The van der Waals surface area contributed by atoms with Gasteiger partial charge in [0, 0.05) is 14.0 Å². The van der Waals surface area contributed by atoms with Gasteiger partial charge >= 0.3 is 0 Å². The van der Waals surface area contributed by atoms with Crippen molar-refractivity contribution in [2.24, 2.45) is 7.05 Å². The number of rotatable bonds is 6. The Morgan fingerprint density at radius 2 is 2.22 bits per heavy atom. The molecule has 10 heteroatoms. The van der Waals surface area contributed by atoms with E-state index in [2.05, 4.69) is 25.7 Å². The van der Waals surface area contributed by atoms with E-state index in [0.717, 1.165) is 36.4 Å². The quantitative estimate of drug-likeness (QED) is 0.631. The van der Waals surface area contributed by atoms with E-state index in [4.69, 9.17) is 4.52 Å². The van der Waals surface area contributed by atoms with Gasteiger partial charge in [-0.1, -0.05) is 35.8 Å². The van der Waals surface area contributed by atoms with Gasteiger partial charge in [-0.05, 0) is 24.3 Å². The van der Waals surface area contributed by atoms with Crippen LogP contribution in [0.4, 0.5) is 0 Å². The maximum atomic E-state index is 12.6. The van der Waals surface area contributed by atoms with E-state index in [9.17, 15) is 4.79 Å². The van der Waals surface area contributed by atoms with E-state index in [-0.39, 0.29) is 11.7 Å². The molecule has 0 atom stereocenters. The predicted octanol–water partition coefficient (Wildman–Crippen LogP) is 2.91. The normalized spacial score (nSPS) is 15.9. The average molecular weight is 405 g/mol. The summed E-state index contributed by atoms with van der Waals surface area (Å²) in [6.07, 6.45) is 3.73. The molecule has 142 valence electrons. The Labute approximate surface area is 164 Å². The van der Waals surface area contributed by atoms with Crippen LogP contribution in [0.5, 0.6) is 0 Å². The Morgan fingerprint density at radius 3 is 2.89 bits per heavy atom. The van der Waals surface area contributed by atoms with E-state index in [1.54, 1.807) is 18.3 Å². The van der Waals surface area contributed by atoms with Crippen LogP contribution in [0.25, 0.3) is 10.7 Å². The summed E-state index contributed by atoms with van der Waals surface area (Å²) in [5.74, 6) is 2.09. The molecule has 0 radical (unpaired) electrons. The zero-order chi connectivity index (χ0) is 18.9. The number of nitrogens with zero attached hydrogens (tertiary/aromatic N) is 5. The van der Waals surface area contributed by atoms with E-state index >= 15 is 0 Å². The molecule has 3 aromatic rings. The molecule has 0 unspecified atom stereocenters. The number of aromatic nitrogens is 5. The number of carbonyl (C=O) groups is 1. The first kappa shape index (κ1) is 18.2. The van der Waals surface area contributed by atoms with Gasteiger partial charge in [-0.2, -0.15) is 4.98 Å². The topological polar surface area (TPSA) is 98.7 Å². The minimum absolute atomic E-state index is 0.0648. The molecular weight excluding hydrogens is 384 g/mol. The number of amides is 1. The van der Waals surface area contributed by atoms with Gasteiger partial charge in [0.15, 0.2) is 16.8 Å². The van der Waals surface area contributed by atoms with Crippen molar-refractivity contribution in [1.29, 1.82) is 0 Å². The number of aryl methyl sites for hydroxylation is 1. The second-order valence-electron chi connectivity index (χ2n) is 6.61. The second kappa shape index (κ2) is 7.43. The van der Waals surface area contributed by atoms with Crippen molar-refractivity contribution >= 4 is 29.0 Å². The molecule has 1 amide bonds. The van der Waals surface area contributed by atoms with Crippen LogP contribution in [-0.4, -0.2) is 36.6 Å². The third kappa shape index (κ3) is 3.63. The maximum Gasteiger partial charge on any atom is 0.231 e. The SMILES string of the molecule is Cc1nc(C2(NC(=O)CSc3nnc(-c4cccs4)n3C)CCCC2)no1. The number of thiophene rings is 1. The Balaban J connectivity index is 1.42. The molecule has 1 saturated carbocycles. The van der Waals surface area contributed by atoms with Crippen LogP contribution in [0, 0.1) is 6.92 Å². The van der Waals surface area contributed by atoms with Crippen molar-refractivity contribution in [3.05, 3.63) is 29.2 Å². The molecule has 1 aliphatic rings. The summed E-state index contributed by atoms with van der Waals surface area (Å²) in [6, 6.07) is 3.99. The minimum atomic E-state index is -0.516. The molecule has 1 fully saturated rings. The van der Waals surface area contributed by atoms with Crippen molar-refractivity contribution < 1.29 is 9.32 Å². The first-order chi connectivity index (χ1) is 13.1. The summed E-state index contributed by atoms with van der Waals surface area (Å²) < 4.78 is 7.04. The summed E-state index contributed by atoms with van der Waals surface area (Å²) in [4.78, 5) is 18.0. The first-order valence-electron chi connectivity index (χ1n) is 8.75. The highest BCUT2D eigenvalue weighted by atomic mass is 32.2. The fourth-order valence-electron chi connectivity index (χ4n) is 3.37. The van der Waals surface area contributed by atoms with E-state index in [1.807, 2.05) is 29.1 Å². The lowest BCUT2D eigenvalue weighted by molar-refractivity contribution is -0.120. The largest absolute Gasteiger partial charge is 0.342 e. The number of carbonyl (C=O) groups excluding carboxylic acids is 1. The Kier molecular flexibility index (Phi) is 5.00. The van der Waals surface area contributed by atoms with Gasteiger partial charge < -0.3 is 14.4 Å². The fraction of sp³-hybridized carbons (Fsp3) is 0.471. The molecule has 0 bridgehead atoms. The number of hydrogen-bond donors (Lipinski definition) is 1. The minimum Gasteiger partial charge on any atom is -0.342 e. The Bertz CT molecular complexity index is 927. The van der Waals surface area contributed by atoms with Gasteiger partial charge in [0.25, 0.3) is 0 Å². The van der Waals surface area contributed by atoms with Gasteiger partial charge in [0.05, 0.1) is 10.6 Å². The summed E-state index contributed by atoms with van der Waals surface area (Å²) in [6.45, 7) is 1.76. The van der Waals surface area contributed by atoms with Crippen molar-refractivity contribution in [2.75, 3.05) is 5.75 Å². The first-order valence-corrected chi connectivity index (χ1v) is 10.6. The molecule has 0 aliphatic heterocycles. The lowest BCUT2D eigenvalue weighted by Crippen LogP contribution is -2.45. The molecule has 3 aromatic heterocycles. The van der Waals surface area contributed by atoms with Gasteiger partial charge in [0.2, 0.25) is 11.8 Å². The smallest absolute Gasteiger partial charge is 0.231 e. The molecule has 27 heavy (non-hydrogen) atoms. The lowest BCUT2D eigenvalue weighted by atomic mass is 9.96. The zero-order valence-corrected chi connectivity index (χ0v) is 16.8. The van der Waals surface area contributed by atoms with Gasteiger partial charge in [-0.3, -0.25) is 4.79 Å². The fourth-order valence-corrected chi connectivity index (χ4v) is 4.83. The molecule has 8 nitrogen and oxygen atoms in total. The summed E-state index contributed by atoms with van der Waals surface area (Å²) >= 11 is 2.99. The maximum absolute atomic E-state index is 12.6. The highest BCUT2D eigenvalue weighted by Crippen LogP contribution is 2.37. The number of hydrogen-bond acceptors (Lipinski definition) is 8. The van der Waals surface area contributed by atoms with Crippen LogP contribution in [0.3, 0.4) is 0 Å². The van der Waals surface area contributed by atoms with Crippen molar-refractivity contribution in [3.63, 3.8) is 0 Å². The molecule has 0 aromatic carbocycles. The van der Waals surface area contributed by atoms with Crippen LogP contribution < -0.4 is 5.32 Å². The molecular formula is C17H20N6O2S2. The van der Waals surface area contributed by atoms with Gasteiger partial charge in [-0.15, -0.1) is 21.5 Å². The van der Waals surface area contributed by atoms with Crippen LogP contribution >= 0.6 is 23.1 Å². The molecule has 1 N–H and O–H groups in total. The van der Waals surface area contributed by atoms with Crippen LogP contribution in [0.15, 0.2) is 27.2 Å². The molecule has 1 aliphatic carbocycles. The lowest BCUT2D eigenvalue weighted by Gasteiger charge is -2.26. The van der Waals surface area contributed by atoms with Crippen LogP contribution in [-0.2, 0) is 17.4 Å². The number of nitrogens with one attached hydrogen (secondary N) is 1. The van der Waals surface area contributed by atoms with Gasteiger partial charge in [0.1, 0.15) is 5.54 Å². The third-order valence-corrected chi connectivity index (χ3v) is 6.59. The van der Waals surface area contributed by atoms with E-state index in [1.165, 1.54) is 11.8 Å². The van der Waals surface area contributed by atoms with Crippen molar-refractivity contribution in [1.82, 2.24) is 30.2 Å². The zero-order valence-electron chi connectivity index (χ0n) is 15.1. The summed E-state index contributed by atoms with van der Waals surface area (Å²) in [7, 11) is 1.91. The highest BCUT2D eigenvalue weighted by molar-refractivity contribution is 7.99. The average Bonchev–Trinajstić information content (AvgIpc) is 3.40.